The van der Waals surface area contributed by atoms with Gasteiger partial charge in [0, 0.05) is 12.8 Å². The van der Waals surface area contributed by atoms with Gasteiger partial charge in [-0.15, -0.1) is 12.3 Å². The summed E-state index contributed by atoms with van der Waals surface area (Å²) in [5, 5.41) is 2.00. The minimum atomic E-state index is -1.54. The van der Waals surface area contributed by atoms with Gasteiger partial charge in [0.1, 0.15) is 0 Å². The summed E-state index contributed by atoms with van der Waals surface area (Å²) in [5.74, 6) is 1.17. The Hall–Kier alpha value is -2.80. The summed E-state index contributed by atoms with van der Waals surface area (Å²) in [7, 11) is 0. The molecular weight excluding hydrogens is 316 g/mol. The number of hydrogen-bond donors (Lipinski definition) is 0. The molecule has 0 aliphatic carbocycles. The number of ether oxygens (including phenoxy) is 2. The summed E-state index contributed by atoms with van der Waals surface area (Å²) in [5.41, 5.74) is -0.681. The Morgan fingerprint density at radius 1 is 1.00 bits per heavy atom. The average Bonchev–Trinajstić information content (AvgIpc) is 2.62. The van der Waals surface area contributed by atoms with E-state index in [4.69, 9.17) is 15.9 Å². The number of rotatable bonds is 7. The van der Waals surface area contributed by atoms with Crippen molar-refractivity contribution in [1.82, 2.24) is 0 Å². The van der Waals surface area contributed by atoms with Gasteiger partial charge in [0.15, 0.2) is 5.41 Å². The fourth-order valence-corrected chi connectivity index (χ4v) is 2.92. The van der Waals surface area contributed by atoms with Gasteiger partial charge in [0.2, 0.25) is 0 Å². The minimum Gasteiger partial charge on any atom is -0.465 e. The third kappa shape index (κ3) is 3.83. The topological polar surface area (TPSA) is 52.6 Å². The molecule has 0 spiro atoms. The molecule has 0 saturated carbocycles. The number of esters is 2. The first kappa shape index (κ1) is 18.5. The summed E-state index contributed by atoms with van der Waals surface area (Å²) in [6.45, 7) is 3.73. The van der Waals surface area contributed by atoms with Crippen molar-refractivity contribution in [3.63, 3.8) is 0 Å². The maximum absolute atomic E-state index is 12.7. The molecule has 2 rings (SSSR count). The van der Waals surface area contributed by atoms with Crippen LogP contribution in [0.4, 0.5) is 0 Å². The molecule has 2 aromatic rings. The summed E-state index contributed by atoms with van der Waals surface area (Å²) < 4.78 is 10.4. The number of terminal acetylenes is 1. The smallest absolute Gasteiger partial charge is 0.324 e. The highest BCUT2D eigenvalue weighted by atomic mass is 16.6. The molecule has 0 unspecified atom stereocenters. The molecular formula is C21H22O4. The van der Waals surface area contributed by atoms with E-state index < -0.39 is 17.4 Å². The Morgan fingerprint density at radius 3 is 2.20 bits per heavy atom. The zero-order chi connectivity index (χ0) is 18.3. The van der Waals surface area contributed by atoms with Crippen LogP contribution in [0.25, 0.3) is 10.8 Å². The van der Waals surface area contributed by atoms with Crippen molar-refractivity contribution >= 4 is 22.7 Å². The van der Waals surface area contributed by atoms with E-state index in [-0.39, 0.29) is 26.1 Å². The van der Waals surface area contributed by atoms with Gasteiger partial charge in [-0.2, -0.15) is 0 Å². The minimum absolute atomic E-state index is 0.0755. The largest absolute Gasteiger partial charge is 0.465 e. The van der Waals surface area contributed by atoms with E-state index in [9.17, 15) is 9.59 Å². The van der Waals surface area contributed by atoms with Crippen molar-refractivity contribution in [2.24, 2.45) is 5.41 Å². The van der Waals surface area contributed by atoms with Crippen LogP contribution in [-0.2, 0) is 25.5 Å². The van der Waals surface area contributed by atoms with Crippen LogP contribution < -0.4 is 0 Å². The van der Waals surface area contributed by atoms with Crippen molar-refractivity contribution in [1.29, 1.82) is 0 Å². The van der Waals surface area contributed by atoms with Crippen LogP contribution >= 0.6 is 0 Å². The second kappa shape index (κ2) is 8.34. The lowest BCUT2D eigenvalue weighted by Gasteiger charge is -2.28. The Kier molecular flexibility index (Phi) is 6.19. The fraction of sp³-hybridized carbons (Fsp3) is 0.333. The molecule has 0 heterocycles. The van der Waals surface area contributed by atoms with Gasteiger partial charge in [-0.25, -0.2) is 0 Å². The summed E-state index contributed by atoms with van der Waals surface area (Å²) in [6, 6.07) is 13.6. The Labute approximate surface area is 148 Å². The lowest BCUT2D eigenvalue weighted by molar-refractivity contribution is -0.171. The highest BCUT2D eigenvalue weighted by molar-refractivity contribution is 6.01. The second-order valence-corrected chi connectivity index (χ2v) is 5.72. The molecule has 0 N–H and O–H groups in total. The molecule has 0 aliphatic heterocycles. The molecule has 4 heteroatoms. The molecule has 0 aromatic heterocycles. The van der Waals surface area contributed by atoms with Gasteiger partial charge in [0.25, 0.3) is 0 Å². The highest BCUT2D eigenvalue weighted by Crippen LogP contribution is 2.33. The summed E-state index contributed by atoms with van der Waals surface area (Å²) in [6.07, 6.45) is 5.54. The average molecular weight is 338 g/mol. The van der Waals surface area contributed by atoms with Crippen molar-refractivity contribution < 1.29 is 19.1 Å². The number of carbonyl (C=O) groups is 2. The van der Waals surface area contributed by atoms with E-state index in [2.05, 4.69) is 5.92 Å². The first-order valence-corrected chi connectivity index (χ1v) is 8.33. The lowest BCUT2D eigenvalue weighted by Crippen LogP contribution is -2.44. The second-order valence-electron chi connectivity index (χ2n) is 5.72. The molecule has 0 amide bonds. The zero-order valence-electron chi connectivity index (χ0n) is 14.6. The van der Waals surface area contributed by atoms with E-state index in [1.165, 1.54) is 0 Å². The number of hydrogen-bond acceptors (Lipinski definition) is 4. The van der Waals surface area contributed by atoms with E-state index in [1.807, 2.05) is 42.5 Å². The number of fused-ring (bicyclic) bond motifs is 1. The Bertz CT molecular complexity index is 778. The molecule has 0 radical (unpaired) electrons. The van der Waals surface area contributed by atoms with Gasteiger partial charge < -0.3 is 9.47 Å². The molecule has 0 saturated heterocycles. The normalized spacial score (nSPS) is 10.9. The van der Waals surface area contributed by atoms with Crippen molar-refractivity contribution in [3.05, 3.63) is 48.0 Å². The molecule has 130 valence electrons. The van der Waals surface area contributed by atoms with Crippen LogP contribution in [0.2, 0.25) is 0 Å². The zero-order valence-corrected chi connectivity index (χ0v) is 14.6. The van der Waals surface area contributed by atoms with Crippen LogP contribution in [0.1, 0.15) is 25.8 Å². The van der Waals surface area contributed by atoms with Gasteiger partial charge in [-0.1, -0.05) is 42.5 Å². The van der Waals surface area contributed by atoms with Crippen molar-refractivity contribution in [2.45, 2.75) is 26.7 Å². The van der Waals surface area contributed by atoms with Gasteiger partial charge in [0.05, 0.1) is 13.2 Å². The molecule has 25 heavy (non-hydrogen) atoms. The number of benzene rings is 2. The van der Waals surface area contributed by atoms with Gasteiger partial charge in [-0.05, 0) is 30.2 Å². The molecule has 0 fully saturated rings. The molecule has 0 aliphatic rings. The van der Waals surface area contributed by atoms with Gasteiger partial charge >= 0.3 is 11.9 Å². The maximum atomic E-state index is 12.7. The fourth-order valence-electron chi connectivity index (χ4n) is 2.92. The van der Waals surface area contributed by atoms with Crippen LogP contribution in [0.3, 0.4) is 0 Å². The summed E-state index contributed by atoms with van der Waals surface area (Å²) >= 11 is 0. The molecule has 4 nitrogen and oxygen atoms in total. The molecule has 0 atom stereocenters. The molecule has 0 bridgehead atoms. The number of carbonyl (C=O) groups excluding carboxylic acids is 2. The van der Waals surface area contributed by atoms with E-state index in [1.54, 1.807) is 13.8 Å². The van der Waals surface area contributed by atoms with Crippen LogP contribution in [0.5, 0.6) is 0 Å². The Balaban J connectivity index is 2.55. The van der Waals surface area contributed by atoms with Crippen molar-refractivity contribution in [2.75, 3.05) is 13.2 Å². The van der Waals surface area contributed by atoms with Gasteiger partial charge in [-0.3, -0.25) is 9.59 Å². The quantitative estimate of drug-likeness (QED) is 0.440. The lowest BCUT2D eigenvalue weighted by atomic mass is 9.77. The molecule has 2 aromatic carbocycles. The standard InChI is InChI=1S/C21H22O4/c1-4-14-21(19(22)24-5-2,20(23)25-6-3)15-17-12-9-11-16-10-7-8-13-18(16)17/h1,7-13H,5-6,14-15H2,2-3H3. The third-order valence-corrected chi connectivity index (χ3v) is 4.11. The van der Waals surface area contributed by atoms with E-state index >= 15 is 0 Å². The monoisotopic (exact) mass is 338 g/mol. The van der Waals surface area contributed by atoms with Crippen LogP contribution in [-0.4, -0.2) is 25.2 Å². The van der Waals surface area contributed by atoms with E-state index in [0.29, 0.717) is 0 Å². The Morgan fingerprint density at radius 2 is 1.60 bits per heavy atom. The van der Waals surface area contributed by atoms with E-state index in [0.717, 1.165) is 16.3 Å². The maximum Gasteiger partial charge on any atom is 0.324 e. The highest BCUT2D eigenvalue weighted by Gasteiger charge is 2.48. The summed E-state index contributed by atoms with van der Waals surface area (Å²) in [4.78, 5) is 25.4. The van der Waals surface area contributed by atoms with Crippen LogP contribution in [0.15, 0.2) is 42.5 Å². The SMILES string of the molecule is C#CCC(Cc1cccc2ccccc12)(C(=O)OCC)C(=O)OCC. The first-order valence-electron chi connectivity index (χ1n) is 8.33. The first-order chi connectivity index (χ1) is 12.1. The van der Waals surface area contributed by atoms with Crippen molar-refractivity contribution in [3.8, 4) is 12.3 Å². The van der Waals surface area contributed by atoms with Crippen LogP contribution in [0, 0.1) is 17.8 Å². The predicted octanol–water partition coefficient (Wildman–Crippen LogP) is 3.52. The predicted molar refractivity (Wildman–Crippen MR) is 96.8 cm³/mol. The third-order valence-electron chi connectivity index (χ3n) is 4.11.